The molecule has 35 heavy (non-hydrogen) atoms. The fourth-order valence-electron chi connectivity index (χ4n) is 4.97. The Labute approximate surface area is 207 Å². The van der Waals surface area contributed by atoms with E-state index < -0.39 is 18.8 Å². The molecule has 1 aliphatic rings. The molecule has 1 atom stereocenters. The van der Waals surface area contributed by atoms with E-state index >= 15 is 4.39 Å². The molecular formula is C28H32BFN2O3. The van der Waals surface area contributed by atoms with E-state index in [0.29, 0.717) is 12.0 Å². The highest BCUT2D eigenvalue weighted by molar-refractivity contribution is 6.61. The molecule has 1 unspecified atom stereocenters. The number of hydrogen-bond donors (Lipinski definition) is 2. The molecular weight excluding hydrogens is 442 g/mol. The van der Waals surface area contributed by atoms with Crippen LogP contribution in [0.3, 0.4) is 0 Å². The number of rotatable bonds is 6. The number of carbonyl (C=O) groups is 1. The highest BCUT2D eigenvalue weighted by Crippen LogP contribution is 2.38. The van der Waals surface area contributed by atoms with Crippen molar-refractivity contribution >= 4 is 18.5 Å². The number of carbonyl (C=O) groups excluding carboxylic acids is 1. The van der Waals surface area contributed by atoms with Crippen molar-refractivity contribution in [3.63, 3.8) is 0 Å². The minimum Gasteiger partial charge on any atom is -0.423 e. The van der Waals surface area contributed by atoms with E-state index in [1.165, 1.54) is 6.07 Å². The van der Waals surface area contributed by atoms with Crippen molar-refractivity contribution in [1.82, 2.24) is 10.4 Å². The normalized spacial score (nSPS) is 14.2. The third kappa shape index (κ3) is 5.48. The summed E-state index contributed by atoms with van der Waals surface area (Å²) in [6.45, 7) is 10.9. The summed E-state index contributed by atoms with van der Waals surface area (Å²) >= 11 is 0. The minimum absolute atomic E-state index is 0.0651. The lowest BCUT2D eigenvalue weighted by Crippen LogP contribution is -2.48. The van der Waals surface area contributed by atoms with Crippen molar-refractivity contribution in [3.8, 4) is 0 Å². The molecule has 182 valence electrons. The van der Waals surface area contributed by atoms with Gasteiger partial charge in [-0.15, -0.1) is 0 Å². The topological polar surface area (TPSA) is 61.8 Å². The van der Waals surface area contributed by atoms with Crippen LogP contribution in [0.4, 0.5) is 4.39 Å². The molecule has 1 amide bonds. The first kappa shape index (κ1) is 25.1. The smallest absolute Gasteiger partial charge is 0.423 e. The van der Waals surface area contributed by atoms with Gasteiger partial charge in [0, 0.05) is 12.1 Å². The van der Waals surface area contributed by atoms with Crippen LogP contribution in [0.25, 0.3) is 0 Å². The number of nitrogens with one attached hydrogen (secondary N) is 1. The lowest BCUT2D eigenvalue weighted by molar-refractivity contribution is 0.0338. The van der Waals surface area contributed by atoms with Gasteiger partial charge in [0.05, 0.1) is 18.2 Å². The van der Waals surface area contributed by atoms with E-state index in [9.17, 15) is 9.82 Å². The largest absolute Gasteiger partial charge is 0.491 e. The van der Waals surface area contributed by atoms with Gasteiger partial charge < -0.3 is 9.68 Å². The second kappa shape index (κ2) is 9.94. The van der Waals surface area contributed by atoms with Crippen molar-refractivity contribution in [2.45, 2.75) is 53.8 Å². The zero-order valence-electron chi connectivity index (χ0n) is 20.9. The van der Waals surface area contributed by atoms with Gasteiger partial charge in [0.15, 0.2) is 0 Å². The van der Waals surface area contributed by atoms with Gasteiger partial charge in [-0.2, -0.15) is 0 Å². The van der Waals surface area contributed by atoms with Crippen LogP contribution in [-0.4, -0.2) is 23.1 Å². The quantitative estimate of drug-likeness (QED) is 0.405. The molecule has 3 aromatic carbocycles. The fraction of sp³-hybridized carbons (Fsp3) is 0.321. The number of hydrazine groups is 1. The summed E-state index contributed by atoms with van der Waals surface area (Å²) in [7, 11) is -1.17. The van der Waals surface area contributed by atoms with Crippen LogP contribution < -0.4 is 10.9 Å². The molecule has 3 aromatic rings. The van der Waals surface area contributed by atoms with E-state index in [0.717, 1.165) is 22.3 Å². The van der Waals surface area contributed by atoms with Crippen molar-refractivity contribution in [3.05, 3.63) is 99.9 Å². The molecule has 0 fully saturated rings. The molecule has 0 saturated heterocycles. The van der Waals surface area contributed by atoms with Crippen LogP contribution in [-0.2, 0) is 17.8 Å². The van der Waals surface area contributed by atoms with Crippen molar-refractivity contribution < 1.29 is 18.9 Å². The van der Waals surface area contributed by atoms with Gasteiger partial charge >= 0.3 is 7.12 Å². The lowest BCUT2D eigenvalue weighted by atomic mass is 9.79. The monoisotopic (exact) mass is 474 g/mol. The molecule has 0 spiro atoms. The van der Waals surface area contributed by atoms with Gasteiger partial charge in [0.1, 0.15) is 5.82 Å². The lowest BCUT2D eigenvalue weighted by Gasteiger charge is -2.40. The zero-order valence-corrected chi connectivity index (χ0v) is 20.9. The fourth-order valence-corrected chi connectivity index (χ4v) is 4.97. The van der Waals surface area contributed by atoms with Crippen LogP contribution in [0.1, 0.15) is 65.0 Å². The predicted molar refractivity (Wildman–Crippen MR) is 136 cm³/mol. The van der Waals surface area contributed by atoms with Crippen molar-refractivity contribution in [1.29, 1.82) is 0 Å². The average Bonchev–Trinajstić information content (AvgIpc) is 3.14. The van der Waals surface area contributed by atoms with Crippen LogP contribution in [0.5, 0.6) is 0 Å². The van der Waals surface area contributed by atoms with Crippen molar-refractivity contribution in [2.75, 3.05) is 0 Å². The number of halogens is 1. The summed E-state index contributed by atoms with van der Waals surface area (Å²) in [5.41, 5.74) is 7.67. The average molecular weight is 474 g/mol. The van der Waals surface area contributed by atoms with Gasteiger partial charge in [0.25, 0.3) is 5.91 Å². The minimum atomic E-state index is -1.17. The predicted octanol–water partition coefficient (Wildman–Crippen LogP) is 4.59. The molecule has 7 heteroatoms. The molecule has 1 heterocycles. The summed E-state index contributed by atoms with van der Waals surface area (Å²) in [6.07, 6.45) is 0. The maximum Gasteiger partial charge on any atom is 0.491 e. The van der Waals surface area contributed by atoms with Crippen molar-refractivity contribution in [2.24, 2.45) is 5.41 Å². The molecule has 0 bridgehead atoms. The first-order valence-corrected chi connectivity index (χ1v) is 11.9. The molecule has 5 nitrogen and oxygen atoms in total. The molecule has 1 aliphatic heterocycles. The first-order valence-electron chi connectivity index (χ1n) is 11.9. The Morgan fingerprint density at radius 3 is 2.40 bits per heavy atom. The van der Waals surface area contributed by atoms with Crippen LogP contribution >= 0.6 is 0 Å². The molecule has 0 radical (unpaired) electrons. The van der Waals surface area contributed by atoms with Crippen LogP contribution in [0.15, 0.2) is 60.7 Å². The Hall–Kier alpha value is -3.00. The van der Waals surface area contributed by atoms with E-state index in [4.69, 9.17) is 4.65 Å². The van der Waals surface area contributed by atoms with Gasteiger partial charge in [-0.3, -0.25) is 10.2 Å². The molecule has 4 rings (SSSR count). The Morgan fingerprint density at radius 1 is 1.11 bits per heavy atom. The molecule has 0 aromatic heterocycles. The van der Waals surface area contributed by atoms with Crippen LogP contribution in [0.2, 0.25) is 0 Å². The van der Waals surface area contributed by atoms with Crippen LogP contribution in [0, 0.1) is 25.1 Å². The number of hydrogen-bond acceptors (Lipinski definition) is 4. The number of benzene rings is 3. The summed E-state index contributed by atoms with van der Waals surface area (Å²) in [5, 5.41) is 11.8. The number of nitrogens with zero attached hydrogens (tertiary/aromatic N) is 1. The summed E-state index contributed by atoms with van der Waals surface area (Å²) in [4.78, 5) is 13.4. The molecule has 0 saturated carbocycles. The van der Waals surface area contributed by atoms with E-state index in [1.54, 1.807) is 6.07 Å². The highest BCUT2D eigenvalue weighted by atomic mass is 19.1. The Kier molecular flexibility index (Phi) is 7.13. The van der Waals surface area contributed by atoms with Gasteiger partial charge in [-0.05, 0) is 41.9 Å². The Bertz CT molecular complexity index is 1210. The second-order valence-corrected chi connectivity index (χ2v) is 10.4. The summed E-state index contributed by atoms with van der Waals surface area (Å²) < 4.78 is 20.4. The highest BCUT2D eigenvalue weighted by Gasteiger charge is 2.35. The number of fused-ring (bicyclic) bond motifs is 1. The van der Waals surface area contributed by atoms with E-state index in [2.05, 4.69) is 44.4 Å². The van der Waals surface area contributed by atoms with Gasteiger partial charge in [-0.1, -0.05) is 86.5 Å². The van der Waals surface area contributed by atoms with E-state index in [-0.39, 0.29) is 29.2 Å². The maximum absolute atomic E-state index is 15.3. The standard InChI is InChI=1S/C28H32BFN2O3/c1-18-13-19(2)15-20(14-18)16-32(26(28(3,4)5)21-9-7-6-8-10-21)31-27(33)22-11-12-24-23(25(22)30)17-35-29(24)34/h6-15,26,34H,16-17H2,1-5H3,(H,31,33). The van der Waals surface area contributed by atoms with Gasteiger partial charge in [0.2, 0.25) is 0 Å². The summed E-state index contributed by atoms with van der Waals surface area (Å²) in [6, 6.07) is 19.1. The first-order chi connectivity index (χ1) is 16.5. The third-order valence-electron chi connectivity index (χ3n) is 6.30. The third-order valence-corrected chi connectivity index (χ3v) is 6.30. The maximum atomic E-state index is 15.3. The number of amides is 1. The second-order valence-electron chi connectivity index (χ2n) is 10.4. The van der Waals surface area contributed by atoms with Gasteiger partial charge in [-0.25, -0.2) is 9.40 Å². The Balaban J connectivity index is 1.73. The molecule has 2 N–H and O–H groups in total. The number of aryl methyl sites for hydroxylation is 2. The molecule has 0 aliphatic carbocycles. The zero-order chi connectivity index (χ0) is 25.3. The van der Waals surface area contributed by atoms with E-state index in [1.807, 2.05) is 49.2 Å². The Morgan fingerprint density at radius 2 is 1.77 bits per heavy atom. The summed E-state index contributed by atoms with van der Waals surface area (Å²) in [5.74, 6) is -1.20. The SMILES string of the molecule is Cc1cc(C)cc(CN(NC(=O)c2ccc3c(c2F)COB3O)C(c2ccccc2)C(C)(C)C)c1.